The van der Waals surface area contributed by atoms with Crippen molar-refractivity contribution < 1.29 is 13.2 Å². The highest BCUT2D eigenvalue weighted by Gasteiger charge is 2.32. The number of halogens is 1. The Morgan fingerprint density at radius 2 is 1.88 bits per heavy atom. The molecule has 0 bridgehead atoms. The zero-order valence-corrected chi connectivity index (χ0v) is 16.7. The van der Waals surface area contributed by atoms with E-state index in [2.05, 4.69) is 5.32 Å². The van der Waals surface area contributed by atoms with E-state index < -0.39 is 16.1 Å². The van der Waals surface area contributed by atoms with Gasteiger partial charge in [-0.1, -0.05) is 38.4 Å². The standard InChI is InChI=1S/C17H27ClN2O3S/c1-7-16(17(21)19-13(5)11(2)3)20(24(6,22)23)14-9-8-12(4)15(18)10-14/h8-11,13,16H,7H2,1-6H3,(H,19,21)/t13-,16+/m1/s1. The van der Waals surface area contributed by atoms with E-state index in [1.54, 1.807) is 25.1 Å². The third-order valence-corrected chi connectivity index (χ3v) is 5.70. The van der Waals surface area contributed by atoms with Gasteiger partial charge in [-0.2, -0.15) is 0 Å². The molecule has 0 saturated heterocycles. The summed E-state index contributed by atoms with van der Waals surface area (Å²) in [6.45, 7) is 9.53. The molecule has 0 aliphatic rings. The summed E-state index contributed by atoms with van der Waals surface area (Å²) in [6, 6.07) is 4.13. The fraction of sp³-hybridized carbons (Fsp3) is 0.588. The lowest BCUT2D eigenvalue weighted by atomic mass is 10.1. The number of amides is 1. The van der Waals surface area contributed by atoms with Gasteiger partial charge < -0.3 is 5.32 Å². The quantitative estimate of drug-likeness (QED) is 0.795. The summed E-state index contributed by atoms with van der Waals surface area (Å²) in [5.41, 5.74) is 1.24. The van der Waals surface area contributed by atoms with Crippen LogP contribution in [-0.4, -0.2) is 32.7 Å². The molecule has 0 spiro atoms. The molecule has 0 unspecified atom stereocenters. The van der Waals surface area contributed by atoms with Crippen LogP contribution >= 0.6 is 11.6 Å². The third-order valence-electron chi connectivity index (χ3n) is 4.11. The summed E-state index contributed by atoms with van der Waals surface area (Å²) in [7, 11) is -3.65. The van der Waals surface area contributed by atoms with Gasteiger partial charge in [0.05, 0.1) is 11.9 Å². The number of carbonyl (C=O) groups is 1. The maximum atomic E-state index is 12.7. The topological polar surface area (TPSA) is 66.5 Å². The Hall–Kier alpha value is -1.27. The van der Waals surface area contributed by atoms with Crippen LogP contribution in [0.25, 0.3) is 0 Å². The Morgan fingerprint density at radius 3 is 2.29 bits per heavy atom. The Kier molecular flexibility index (Phi) is 7.10. The van der Waals surface area contributed by atoms with Crippen LogP contribution in [0.1, 0.15) is 39.7 Å². The van der Waals surface area contributed by atoms with Crippen LogP contribution in [0.15, 0.2) is 18.2 Å². The zero-order valence-electron chi connectivity index (χ0n) is 15.1. The average molecular weight is 375 g/mol. The van der Waals surface area contributed by atoms with Crippen molar-refractivity contribution in [2.75, 3.05) is 10.6 Å². The molecule has 136 valence electrons. The number of carbonyl (C=O) groups excluding carboxylic acids is 1. The van der Waals surface area contributed by atoms with Crippen LogP contribution in [0.2, 0.25) is 5.02 Å². The van der Waals surface area contributed by atoms with Gasteiger partial charge in [0.1, 0.15) is 6.04 Å². The van der Waals surface area contributed by atoms with Gasteiger partial charge in [-0.15, -0.1) is 0 Å². The summed E-state index contributed by atoms with van der Waals surface area (Å²) >= 11 is 6.14. The molecule has 2 atom stereocenters. The van der Waals surface area contributed by atoms with Crippen LogP contribution in [-0.2, 0) is 14.8 Å². The minimum Gasteiger partial charge on any atom is -0.352 e. The normalized spacial score (nSPS) is 14.3. The van der Waals surface area contributed by atoms with E-state index in [9.17, 15) is 13.2 Å². The molecule has 0 saturated carbocycles. The van der Waals surface area contributed by atoms with Crippen molar-refractivity contribution >= 4 is 33.2 Å². The average Bonchev–Trinajstić information content (AvgIpc) is 2.46. The Morgan fingerprint density at radius 1 is 1.29 bits per heavy atom. The molecule has 1 N–H and O–H groups in total. The summed E-state index contributed by atoms with van der Waals surface area (Å²) in [5, 5.41) is 3.37. The predicted octanol–water partition coefficient (Wildman–Crippen LogP) is 3.35. The summed E-state index contributed by atoms with van der Waals surface area (Å²) in [6.07, 6.45) is 1.46. The zero-order chi connectivity index (χ0) is 18.7. The van der Waals surface area contributed by atoms with Crippen LogP contribution < -0.4 is 9.62 Å². The second-order valence-electron chi connectivity index (χ2n) is 6.46. The highest BCUT2D eigenvalue weighted by molar-refractivity contribution is 7.92. The molecule has 0 aliphatic carbocycles. The lowest BCUT2D eigenvalue weighted by molar-refractivity contribution is -0.123. The number of anilines is 1. The minimum atomic E-state index is -3.65. The lowest BCUT2D eigenvalue weighted by Gasteiger charge is -2.31. The molecule has 1 amide bonds. The molecule has 0 fully saturated rings. The molecule has 0 radical (unpaired) electrons. The van der Waals surface area contributed by atoms with Crippen LogP contribution in [0, 0.1) is 12.8 Å². The number of benzene rings is 1. The first-order valence-corrected chi connectivity index (χ1v) is 10.3. The molecular formula is C17H27ClN2O3S. The van der Waals surface area contributed by atoms with Gasteiger partial charge in [0.25, 0.3) is 0 Å². The van der Waals surface area contributed by atoms with Crippen molar-refractivity contribution in [1.29, 1.82) is 0 Å². The van der Waals surface area contributed by atoms with Crippen LogP contribution in [0.3, 0.4) is 0 Å². The molecule has 7 heteroatoms. The fourth-order valence-electron chi connectivity index (χ4n) is 2.27. The van der Waals surface area contributed by atoms with E-state index >= 15 is 0 Å². The molecule has 1 aromatic carbocycles. The molecule has 0 aromatic heterocycles. The number of nitrogens with one attached hydrogen (secondary N) is 1. The number of nitrogens with zero attached hydrogens (tertiary/aromatic N) is 1. The van der Waals surface area contributed by atoms with Gasteiger partial charge in [-0.05, 0) is 43.9 Å². The van der Waals surface area contributed by atoms with Gasteiger partial charge >= 0.3 is 0 Å². The molecule has 1 aromatic rings. The summed E-state index contributed by atoms with van der Waals surface area (Å²) in [4.78, 5) is 12.7. The number of hydrogen-bond acceptors (Lipinski definition) is 3. The van der Waals surface area contributed by atoms with Crippen molar-refractivity contribution in [2.24, 2.45) is 5.92 Å². The van der Waals surface area contributed by atoms with Crippen molar-refractivity contribution in [2.45, 2.75) is 53.1 Å². The summed E-state index contributed by atoms with van der Waals surface area (Å²) in [5.74, 6) is -0.0484. The second kappa shape index (κ2) is 8.21. The minimum absolute atomic E-state index is 0.0467. The lowest BCUT2D eigenvalue weighted by Crippen LogP contribution is -2.52. The van der Waals surface area contributed by atoms with E-state index in [1.165, 1.54) is 0 Å². The van der Waals surface area contributed by atoms with Gasteiger partial charge in [-0.3, -0.25) is 9.10 Å². The summed E-state index contributed by atoms with van der Waals surface area (Å²) < 4.78 is 25.9. The molecule has 0 aliphatic heterocycles. The van der Waals surface area contributed by atoms with E-state index in [-0.39, 0.29) is 17.9 Å². The predicted molar refractivity (Wildman–Crippen MR) is 100 cm³/mol. The highest BCUT2D eigenvalue weighted by Crippen LogP contribution is 2.27. The molecule has 5 nitrogen and oxygen atoms in total. The van der Waals surface area contributed by atoms with Crippen molar-refractivity contribution in [3.05, 3.63) is 28.8 Å². The van der Waals surface area contributed by atoms with E-state index in [0.29, 0.717) is 17.1 Å². The number of aryl methyl sites for hydroxylation is 1. The number of rotatable bonds is 7. The highest BCUT2D eigenvalue weighted by atomic mass is 35.5. The number of hydrogen-bond donors (Lipinski definition) is 1. The van der Waals surface area contributed by atoms with E-state index in [0.717, 1.165) is 16.1 Å². The van der Waals surface area contributed by atoms with Gasteiger partial charge in [-0.25, -0.2) is 8.42 Å². The first-order chi connectivity index (χ1) is 11.0. The number of sulfonamides is 1. The Bertz CT molecular complexity index is 689. The Labute approximate surface area is 150 Å². The van der Waals surface area contributed by atoms with Crippen molar-refractivity contribution in [3.63, 3.8) is 0 Å². The largest absolute Gasteiger partial charge is 0.352 e. The van der Waals surface area contributed by atoms with E-state index in [4.69, 9.17) is 11.6 Å². The third kappa shape index (κ3) is 5.11. The van der Waals surface area contributed by atoms with Crippen molar-refractivity contribution in [1.82, 2.24) is 5.32 Å². The van der Waals surface area contributed by atoms with Crippen molar-refractivity contribution in [3.8, 4) is 0 Å². The fourth-order valence-corrected chi connectivity index (χ4v) is 3.64. The van der Waals surface area contributed by atoms with E-state index in [1.807, 2.05) is 27.7 Å². The monoisotopic (exact) mass is 374 g/mol. The molecule has 1 rings (SSSR count). The molecule has 0 heterocycles. The van der Waals surface area contributed by atoms with Crippen LogP contribution in [0.5, 0.6) is 0 Å². The second-order valence-corrected chi connectivity index (χ2v) is 8.72. The molecule has 24 heavy (non-hydrogen) atoms. The molecular weight excluding hydrogens is 348 g/mol. The smallest absolute Gasteiger partial charge is 0.244 e. The maximum Gasteiger partial charge on any atom is 0.244 e. The van der Waals surface area contributed by atoms with Crippen LogP contribution in [0.4, 0.5) is 5.69 Å². The van der Waals surface area contributed by atoms with Gasteiger partial charge in [0.2, 0.25) is 15.9 Å². The van der Waals surface area contributed by atoms with Gasteiger partial charge in [0.15, 0.2) is 0 Å². The SMILES string of the molecule is CC[C@@H](C(=O)N[C@H](C)C(C)C)N(c1ccc(C)c(Cl)c1)S(C)(=O)=O. The maximum absolute atomic E-state index is 12.7. The first-order valence-electron chi connectivity index (χ1n) is 8.05. The van der Waals surface area contributed by atoms with Gasteiger partial charge in [0, 0.05) is 11.1 Å². The Balaban J connectivity index is 3.27. The first kappa shape index (κ1) is 20.8.